The van der Waals surface area contributed by atoms with Gasteiger partial charge in [-0.15, -0.1) is 0 Å². The molecule has 3 rings (SSSR count). The fourth-order valence-electron chi connectivity index (χ4n) is 2.59. The lowest BCUT2D eigenvalue weighted by molar-refractivity contribution is 0.180. The summed E-state index contributed by atoms with van der Waals surface area (Å²) in [5.41, 5.74) is 2.56. The third kappa shape index (κ3) is 2.85. The molecule has 0 amide bonds. The van der Waals surface area contributed by atoms with Gasteiger partial charge in [0.05, 0.1) is 13.2 Å². The minimum Gasteiger partial charge on any atom is -0.497 e. The maximum Gasteiger partial charge on any atom is 0.133 e. The molecule has 1 aliphatic carbocycles. The predicted molar refractivity (Wildman–Crippen MR) is 77.0 cm³/mol. The molecule has 0 aliphatic heterocycles. The molecular formula is C17H17FO3. The smallest absolute Gasteiger partial charge is 0.133 e. The summed E-state index contributed by atoms with van der Waals surface area (Å²) in [5.74, 6) is 0.840. The number of halogens is 1. The van der Waals surface area contributed by atoms with Crippen LogP contribution in [0.2, 0.25) is 0 Å². The Kier molecular flexibility index (Phi) is 3.80. The number of hydrogen-bond acceptors (Lipinski definition) is 3. The van der Waals surface area contributed by atoms with E-state index in [0.29, 0.717) is 17.1 Å². The van der Waals surface area contributed by atoms with Crippen molar-refractivity contribution < 1.29 is 19.0 Å². The lowest BCUT2D eigenvalue weighted by Gasteiger charge is -2.10. The molecule has 1 atom stereocenters. The van der Waals surface area contributed by atoms with E-state index in [2.05, 4.69) is 0 Å². The number of rotatable bonds is 4. The zero-order valence-corrected chi connectivity index (χ0v) is 11.8. The van der Waals surface area contributed by atoms with E-state index < -0.39 is 0 Å². The standard InChI is InChI=1S/C17H17FO3/c1-20-13-4-2-12(16(18)9-13)10-21-14-5-6-15-11(8-14)3-7-17(15)19/h2,4-6,8-9,17,19H,3,7,10H2,1H3/t17-/m1/s1. The highest BCUT2D eigenvalue weighted by molar-refractivity contribution is 5.40. The van der Waals surface area contributed by atoms with Crippen LogP contribution >= 0.6 is 0 Å². The van der Waals surface area contributed by atoms with Crippen molar-refractivity contribution in [3.05, 3.63) is 58.9 Å². The van der Waals surface area contributed by atoms with Crippen LogP contribution in [-0.2, 0) is 13.0 Å². The molecule has 4 heteroatoms. The number of methoxy groups -OCH3 is 1. The Bertz CT molecular complexity index is 654. The van der Waals surface area contributed by atoms with Crippen LogP contribution in [0.25, 0.3) is 0 Å². The number of hydrogen-bond donors (Lipinski definition) is 1. The first-order valence-electron chi connectivity index (χ1n) is 6.93. The molecule has 1 aliphatic rings. The van der Waals surface area contributed by atoms with Crippen molar-refractivity contribution in [3.8, 4) is 11.5 Å². The summed E-state index contributed by atoms with van der Waals surface area (Å²) in [6, 6.07) is 10.3. The highest BCUT2D eigenvalue weighted by Crippen LogP contribution is 2.33. The number of fused-ring (bicyclic) bond motifs is 1. The van der Waals surface area contributed by atoms with E-state index in [1.54, 1.807) is 12.1 Å². The molecule has 110 valence electrons. The molecular weight excluding hydrogens is 271 g/mol. The van der Waals surface area contributed by atoms with Gasteiger partial charge >= 0.3 is 0 Å². The maximum absolute atomic E-state index is 13.8. The lowest BCUT2D eigenvalue weighted by Crippen LogP contribution is -2.00. The molecule has 0 heterocycles. The van der Waals surface area contributed by atoms with Crippen LogP contribution in [0.5, 0.6) is 11.5 Å². The first kappa shape index (κ1) is 13.9. The molecule has 21 heavy (non-hydrogen) atoms. The first-order valence-corrected chi connectivity index (χ1v) is 6.93. The van der Waals surface area contributed by atoms with Gasteiger partial charge in [0.25, 0.3) is 0 Å². The average molecular weight is 288 g/mol. The molecule has 2 aromatic rings. The van der Waals surface area contributed by atoms with Gasteiger partial charge in [0.1, 0.15) is 23.9 Å². The van der Waals surface area contributed by atoms with Gasteiger partial charge in [-0.1, -0.05) is 6.07 Å². The van der Waals surface area contributed by atoms with E-state index in [0.717, 1.165) is 24.0 Å². The molecule has 0 radical (unpaired) electrons. The van der Waals surface area contributed by atoms with Gasteiger partial charge in [-0.3, -0.25) is 0 Å². The molecule has 0 aromatic heterocycles. The summed E-state index contributed by atoms with van der Waals surface area (Å²) in [5, 5.41) is 9.76. The van der Waals surface area contributed by atoms with Gasteiger partial charge in [-0.2, -0.15) is 0 Å². The van der Waals surface area contributed by atoms with Crippen molar-refractivity contribution in [3.63, 3.8) is 0 Å². The van der Waals surface area contributed by atoms with Crippen LogP contribution in [-0.4, -0.2) is 12.2 Å². The zero-order chi connectivity index (χ0) is 14.8. The van der Waals surface area contributed by atoms with Crippen LogP contribution in [0.3, 0.4) is 0 Å². The number of benzene rings is 2. The lowest BCUT2D eigenvalue weighted by atomic mass is 10.1. The van der Waals surface area contributed by atoms with Gasteiger partial charge in [-0.05, 0) is 48.2 Å². The Balaban J connectivity index is 1.71. The molecule has 0 fully saturated rings. The van der Waals surface area contributed by atoms with Crippen LogP contribution in [0, 0.1) is 5.82 Å². The van der Waals surface area contributed by atoms with Crippen molar-refractivity contribution in [1.29, 1.82) is 0 Å². The summed E-state index contributed by atoms with van der Waals surface area (Å²) in [6.07, 6.45) is 1.24. The molecule has 2 aromatic carbocycles. The minimum atomic E-state index is -0.368. The molecule has 0 saturated carbocycles. The van der Waals surface area contributed by atoms with E-state index in [-0.39, 0.29) is 18.5 Å². The average Bonchev–Trinajstić information content (AvgIpc) is 2.87. The van der Waals surface area contributed by atoms with E-state index in [4.69, 9.17) is 9.47 Å². The SMILES string of the molecule is COc1ccc(COc2ccc3c(c2)CC[C@H]3O)c(F)c1. The predicted octanol–water partition coefficient (Wildman–Crippen LogP) is 3.39. The molecule has 0 saturated heterocycles. The van der Waals surface area contributed by atoms with E-state index in [1.165, 1.54) is 13.2 Å². The maximum atomic E-state index is 13.8. The summed E-state index contributed by atoms with van der Waals surface area (Å²) >= 11 is 0. The number of aliphatic hydroxyl groups excluding tert-OH is 1. The van der Waals surface area contributed by atoms with Crippen LogP contribution < -0.4 is 9.47 Å². The third-order valence-corrected chi connectivity index (χ3v) is 3.82. The largest absolute Gasteiger partial charge is 0.497 e. The van der Waals surface area contributed by atoms with Gasteiger partial charge in [0.2, 0.25) is 0 Å². The molecule has 3 nitrogen and oxygen atoms in total. The fourth-order valence-corrected chi connectivity index (χ4v) is 2.59. The monoisotopic (exact) mass is 288 g/mol. The molecule has 0 unspecified atom stereocenters. The van der Waals surface area contributed by atoms with Crippen molar-refractivity contribution in [2.75, 3.05) is 7.11 Å². The molecule has 0 bridgehead atoms. The number of ether oxygens (including phenoxy) is 2. The molecule has 0 spiro atoms. The van der Waals surface area contributed by atoms with Gasteiger partial charge < -0.3 is 14.6 Å². The summed E-state index contributed by atoms with van der Waals surface area (Å²) in [7, 11) is 1.50. The normalized spacial score (nSPS) is 16.6. The van der Waals surface area contributed by atoms with Crippen LogP contribution in [0.1, 0.15) is 29.2 Å². The Morgan fingerprint density at radius 2 is 2.00 bits per heavy atom. The second kappa shape index (κ2) is 5.74. The Hall–Kier alpha value is -2.07. The van der Waals surface area contributed by atoms with Crippen LogP contribution in [0.15, 0.2) is 36.4 Å². The minimum absolute atomic E-state index is 0.164. The van der Waals surface area contributed by atoms with E-state index >= 15 is 0 Å². The quantitative estimate of drug-likeness (QED) is 0.937. The summed E-state index contributed by atoms with van der Waals surface area (Å²) in [6.45, 7) is 0.164. The third-order valence-electron chi connectivity index (χ3n) is 3.82. The fraction of sp³-hybridized carbons (Fsp3) is 0.294. The second-order valence-electron chi connectivity index (χ2n) is 5.16. The topological polar surface area (TPSA) is 38.7 Å². The van der Waals surface area contributed by atoms with Crippen molar-refractivity contribution in [2.24, 2.45) is 0 Å². The second-order valence-corrected chi connectivity index (χ2v) is 5.16. The highest BCUT2D eigenvalue weighted by atomic mass is 19.1. The molecule has 1 N–H and O–H groups in total. The zero-order valence-electron chi connectivity index (χ0n) is 11.8. The number of aliphatic hydroxyl groups is 1. The summed E-state index contributed by atoms with van der Waals surface area (Å²) in [4.78, 5) is 0. The van der Waals surface area contributed by atoms with Gasteiger partial charge in [-0.25, -0.2) is 4.39 Å². The van der Waals surface area contributed by atoms with E-state index in [9.17, 15) is 9.50 Å². The highest BCUT2D eigenvalue weighted by Gasteiger charge is 2.20. The van der Waals surface area contributed by atoms with Gasteiger partial charge in [0.15, 0.2) is 0 Å². The van der Waals surface area contributed by atoms with Crippen molar-refractivity contribution in [1.82, 2.24) is 0 Å². The Labute approximate surface area is 122 Å². The van der Waals surface area contributed by atoms with Crippen molar-refractivity contribution in [2.45, 2.75) is 25.6 Å². The first-order chi connectivity index (χ1) is 10.2. The van der Waals surface area contributed by atoms with Crippen molar-refractivity contribution >= 4 is 0 Å². The van der Waals surface area contributed by atoms with Crippen LogP contribution in [0.4, 0.5) is 4.39 Å². The van der Waals surface area contributed by atoms with E-state index in [1.807, 2.05) is 18.2 Å². The number of aryl methyl sites for hydroxylation is 1. The summed E-state index contributed by atoms with van der Waals surface area (Å²) < 4.78 is 24.4. The Morgan fingerprint density at radius 3 is 2.76 bits per heavy atom. The van der Waals surface area contributed by atoms with Gasteiger partial charge in [0, 0.05) is 11.6 Å². The Morgan fingerprint density at radius 1 is 1.19 bits per heavy atom.